The Morgan fingerprint density at radius 1 is 1.10 bits per heavy atom. The maximum Gasteiger partial charge on any atom is 0.328 e. The van der Waals surface area contributed by atoms with Crippen LogP contribution in [0.1, 0.15) is 5.56 Å². The highest BCUT2D eigenvalue weighted by molar-refractivity contribution is 7.90. The van der Waals surface area contributed by atoms with Gasteiger partial charge in [0.05, 0.1) is 4.90 Å². The number of hydrogen-bond acceptors (Lipinski definition) is 7. The third-order valence-electron chi connectivity index (χ3n) is 4.06. The van der Waals surface area contributed by atoms with E-state index in [1.54, 1.807) is 30.3 Å². The van der Waals surface area contributed by atoms with Crippen molar-refractivity contribution in [1.82, 2.24) is 4.72 Å². The van der Waals surface area contributed by atoms with Crippen LogP contribution < -0.4 is 14.9 Å². The average molecular weight is 416 g/mol. The number of rotatable bonds is 6. The second kappa shape index (κ2) is 8.31. The molecule has 0 aliphatic carbocycles. The van der Waals surface area contributed by atoms with Crippen LogP contribution in [0.15, 0.2) is 58.4 Å². The summed E-state index contributed by atoms with van der Waals surface area (Å²) in [5, 5.41) is 2.62. The van der Waals surface area contributed by atoms with Crippen molar-refractivity contribution in [3.63, 3.8) is 0 Å². The Kier molecular flexibility index (Phi) is 5.83. The number of aliphatic imine (C=N–C) groups is 1. The molecule has 0 fully saturated rings. The van der Waals surface area contributed by atoms with Crippen molar-refractivity contribution < 1.29 is 22.7 Å². The van der Waals surface area contributed by atoms with Gasteiger partial charge in [-0.1, -0.05) is 12.1 Å². The molecule has 1 amide bonds. The number of nitrogens with one attached hydrogen (secondary N) is 2. The molecule has 0 bridgehead atoms. The maximum atomic E-state index is 12.0. The van der Waals surface area contributed by atoms with Crippen molar-refractivity contribution >= 4 is 39.1 Å². The van der Waals surface area contributed by atoms with E-state index in [2.05, 4.69) is 15.0 Å². The molecule has 1 aliphatic heterocycles. The van der Waals surface area contributed by atoms with Crippen LogP contribution in [0.2, 0.25) is 0 Å². The van der Waals surface area contributed by atoms with Gasteiger partial charge in [0.15, 0.2) is 6.61 Å². The summed E-state index contributed by atoms with van der Waals surface area (Å²) in [6.45, 7) is -0.890. The maximum absolute atomic E-state index is 12.0. The quantitative estimate of drug-likeness (QED) is 0.678. The van der Waals surface area contributed by atoms with Crippen LogP contribution in [0.25, 0.3) is 0 Å². The monoisotopic (exact) mass is 416 g/mol. The van der Waals surface area contributed by atoms with E-state index in [1.165, 1.54) is 6.07 Å². The molecule has 9 nitrogen and oxygen atoms in total. The number of nitrogens with zero attached hydrogens (tertiary/aromatic N) is 2. The summed E-state index contributed by atoms with van der Waals surface area (Å²) in [6, 6.07) is 13.5. The minimum absolute atomic E-state index is 0.0722. The zero-order valence-electron chi connectivity index (χ0n) is 15.9. The van der Waals surface area contributed by atoms with Crippen LogP contribution in [0.5, 0.6) is 0 Å². The predicted octanol–water partition coefficient (Wildman–Crippen LogP) is 0.973. The van der Waals surface area contributed by atoms with Crippen LogP contribution >= 0.6 is 0 Å². The Labute approximate surface area is 168 Å². The average Bonchev–Trinajstić information content (AvgIpc) is 2.96. The van der Waals surface area contributed by atoms with Gasteiger partial charge >= 0.3 is 5.97 Å². The first-order chi connectivity index (χ1) is 13.8. The molecule has 3 rings (SSSR count). The van der Waals surface area contributed by atoms with Gasteiger partial charge < -0.3 is 15.0 Å². The van der Waals surface area contributed by atoms with Crippen molar-refractivity contribution in [3.05, 3.63) is 54.1 Å². The number of amides is 1. The molecule has 0 aromatic heterocycles. The molecule has 2 N–H and O–H groups in total. The lowest BCUT2D eigenvalue weighted by atomic mass is 10.2. The van der Waals surface area contributed by atoms with Gasteiger partial charge in [0.2, 0.25) is 0 Å². The van der Waals surface area contributed by atoms with E-state index in [0.717, 1.165) is 5.69 Å². The number of fused-ring (bicyclic) bond motifs is 1. The Balaban J connectivity index is 1.51. The number of amidine groups is 1. The summed E-state index contributed by atoms with van der Waals surface area (Å²) in [6.07, 6.45) is 0. The van der Waals surface area contributed by atoms with E-state index < -0.39 is 35.1 Å². The highest BCUT2D eigenvalue weighted by Gasteiger charge is 2.30. The molecule has 0 unspecified atom stereocenters. The van der Waals surface area contributed by atoms with Gasteiger partial charge in [-0.2, -0.15) is 0 Å². The molecular formula is C19H20N4O5S. The molecule has 1 aliphatic rings. The van der Waals surface area contributed by atoms with Crippen LogP contribution in [0.4, 0.5) is 11.4 Å². The van der Waals surface area contributed by atoms with Crippen molar-refractivity contribution in [2.75, 3.05) is 37.5 Å². The summed E-state index contributed by atoms with van der Waals surface area (Å²) >= 11 is 0. The number of carbonyl (C=O) groups is 2. The summed E-state index contributed by atoms with van der Waals surface area (Å²) in [4.78, 5) is 29.8. The highest BCUT2D eigenvalue weighted by Crippen LogP contribution is 2.22. The smallest absolute Gasteiger partial charge is 0.328 e. The Hall–Kier alpha value is -3.40. The lowest BCUT2D eigenvalue weighted by molar-refractivity contribution is -0.145. The van der Waals surface area contributed by atoms with Gasteiger partial charge in [0.25, 0.3) is 15.9 Å². The molecule has 0 saturated carbocycles. The highest BCUT2D eigenvalue weighted by atomic mass is 32.2. The topological polar surface area (TPSA) is 117 Å². The van der Waals surface area contributed by atoms with Gasteiger partial charge in [0, 0.05) is 31.0 Å². The number of carbonyl (C=O) groups excluding carboxylic acids is 2. The second-order valence-corrected chi connectivity index (χ2v) is 8.07. The molecule has 2 aromatic carbocycles. The SMILES string of the molecule is CN(C)c1ccc(NC(=O)COC(=O)CN=C2NS(=O)(=O)c3ccccc32)cc1. The molecule has 152 valence electrons. The largest absolute Gasteiger partial charge is 0.454 e. The van der Waals surface area contributed by atoms with E-state index in [0.29, 0.717) is 11.3 Å². The van der Waals surface area contributed by atoms with Gasteiger partial charge in [-0.3, -0.25) is 19.3 Å². The molecular weight excluding hydrogens is 396 g/mol. The number of sulfonamides is 1. The van der Waals surface area contributed by atoms with E-state index in [4.69, 9.17) is 4.74 Å². The Morgan fingerprint density at radius 2 is 1.79 bits per heavy atom. The van der Waals surface area contributed by atoms with Gasteiger partial charge in [-0.25, -0.2) is 8.42 Å². The predicted molar refractivity (Wildman–Crippen MR) is 109 cm³/mol. The zero-order chi connectivity index (χ0) is 21.0. The van der Waals surface area contributed by atoms with E-state index in [1.807, 2.05) is 31.1 Å². The summed E-state index contributed by atoms with van der Waals surface area (Å²) < 4.78 is 31.2. The van der Waals surface area contributed by atoms with Crippen LogP contribution in [0.3, 0.4) is 0 Å². The first kappa shape index (κ1) is 20.3. The molecule has 0 saturated heterocycles. The van der Waals surface area contributed by atoms with Gasteiger partial charge in [0.1, 0.15) is 12.4 Å². The van der Waals surface area contributed by atoms with Crippen LogP contribution in [-0.2, 0) is 24.3 Å². The summed E-state index contributed by atoms with van der Waals surface area (Å²) in [5.41, 5.74) is 1.95. The lowest BCUT2D eigenvalue weighted by Crippen LogP contribution is -2.25. The first-order valence-electron chi connectivity index (χ1n) is 8.66. The van der Waals surface area contributed by atoms with E-state index in [-0.39, 0.29) is 10.7 Å². The minimum atomic E-state index is -3.67. The van der Waals surface area contributed by atoms with E-state index in [9.17, 15) is 18.0 Å². The number of esters is 1. The number of ether oxygens (including phenoxy) is 1. The number of anilines is 2. The van der Waals surface area contributed by atoms with E-state index >= 15 is 0 Å². The van der Waals surface area contributed by atoms with Gasteiger partial charge in [-0.05, 0) is 36.4 Å². The molecule has 10 heteroatoms. The normalized spacial score (nSPS) is 15.3. The Bertz CT molecular complexity index is 1060. The van der Waals surface area contributed by atoms with Gasteiger partial charge in [-0.15, -0.1) is 0 Å². The molecule has 0 spiro atoms. The van der Waals surface area contributed by atoms with Crippen molar-refractivity contribution in [3.8, 4) is 0 Å². The van der Waals surface area contributed by atoms with Crippen molar-refractivity contribution in [2.45, 2.75) is 4.90 Å². The first-order valence-corrected chi connectivity index (χ1v) is 10.1. The number of hydrogen-bond donors (Lipinski definition) is 2. The summed E-state index contributed by atoms with van der Waals surface area (Å²) in [7, 11) is 0.145. The molecule has 0 atom stereocenters. The second-order valence-electron chi connectivity index (χ2n) is 6.42. The molecule has 0 radical (unpaired) electrons. The third-order valence-corrected chi connectivity index (χ3v) is 5.46. The molecule has 2 aromatic rings. The molecule has 29 heavy (non-hydrogen) atoms. The van der Waals surface area contributed by atoms with Crippen LogP contribution in [-0.4, -0.2) is 53.4 Å². The summed E-state index contributed by atoms with van der Waals surface area (Å²) in [5.74, 6) is -1.17. The fourth-order valence-electron chi connectivity index (χ4n) is 2.63. The Morgan fingerprint density at radius 3 is 2.48 bits per heavy atom. The fourth-order valence-corrected chi connectivity index (χ4v) is 3.88. The minimum Gasteiger partial charge on any atom is -0.454 e. The zero-order valence-corrected chi connectivity index (χ0v) is 16.7. The third kappa shape index (κ3) is 4.91. The van der Waals surface area contributed by atoms with Crippen LogP contribution in [0, 0.1) is 0 Å². The fraction of sp³-hybridized carbons (Fsp3) is 0.211. The van der Waals surface area contributed by atoms with Crippen molar-refractivity contribution in [2.24, 2.45) is 4.99 Å². The molecule has 1 heterocycles. The number of benzene rings is 2. The standard InChI is InChI=1S/C19H20N4O5S/c1-23(2)14-9-7-13(8-10-14)21-17(24)12-28-18(25)11-20-19-15-5-3-4-6-16(15)29(26,27)22-19/h3-10H,11-12H2,1-2H3,(H,20,22)(H,21,24). The lowest BCUT2D eigenvalue weighted by Gasteiger charge is -2.13. The van der Waals surface area contributed by atoms with Crippen molar-refractivity contribution in [1.29, 1.82) is 0 Å².